The predicted molar refractivity (Wildman–Crippen MR) is 102 cm³/mol. The van der Waals surface area contributed by atoms with Gasteiger partial charge in [0.25, 0.3) is 0 Å². The molecule has 2 rings (SSSR count). The molecule has 1 fully saturated rings. The van der Waals surface area contributed by atoms with Gasteiger partial charge >= 0.3 is 6.18 Å². The van der Waals surface area contributed by atoms with E-state index in [-0.39, 0.29) is 0 Å². The summed E-state index contributed by atoms with van der Waals surface area (Å²) in [5, 5.41) is 1.13. The summed E-state index contributed by atoms with van der Waals surface area (Å²) in [6, 6.07) is 7.03. The maximum atomic E-state index is 12.7. The van der Waals surface area contributed by atoms with E-state index in [9.17, 15) is 13.2 Å². The standard InChI is InChI=1S/C20H32F3NSi/c1-25(2,19-12-10-18(11-13-19)20(21,22)23)17-9-5-8-16-24-14-6-3-4-7-15-24/h10-13H,3-9,14-17H2,1-2H3. The average Bonchev–Trinajstić information content (AvgIpc) is 2.82. The highest BCUT2D eigenvalue weighted by Crippen LogP contribution is 2.28. The lowest BCUT2D eigenvalue weighted by Crippen LogP contribution is -2.41. The van der Waals surface area contributed by atoms with E-state index in [0.29, 0.717) is 0 Å². The quantitative estimate of drug-likeness (QED) is 0.441. The molecule has 1 aliphatic rings. The summed E-state index contributed by atoms with van der Waals surface area (Å²) in [6.07, 6.45) is 4.87. The van der Waals surface area contributed by atoms with Crippen molar-refractivity contribution in [2.24, 2.45) is 0 Å². The molecule has 0 atom stereocenters. The van der Waals surface area contributed by atoms with Crippen LogP contribution in [0.15, 0.2) is 24.3 Å². The Labute approximate surface area is 151 Å². The first-order chi connectivity index (χ1) is 11.8. The number of benzene rings is 1. The molecule has 1 aromatic carbocycles. The average molecular weight is 372 g/mol. The van der Waals surface area contributed by atoms with Crippen LogP contribution >= 0.6 is 0 Å². The summed E-state index contributed by atoms with van der Waals surface area (Å²) in [6.45, 7) is 8.26. The van der Waals surface area contributed by atoms with Crippen molar-refractivity contribution >= 4 is 13.3 Å². The van der Waals surface area contributed by atoms with E-state index in [4.69, 9.17) is 0 Å². The Balaban J connectivity index is 1.73. The molecule has 0 spiro atoms. The molecule has 25 heavy (non-hydrogen) atoms. The van der Waals surface area contributed by atoms with Gasteiger partial charge in [-0.25, -0.2) is 0 Å². The molecule has 0 unspecified atom stereocenters. The zero-order valence-corrected chi connectivity index (χ0v) is 16.7. The molecule has 1 aliphatic heterocycles. The number of halogens is 3. The summed E-state index contributed by atoms with van der Waals surface area (Å²) in [7, 11) is -1.64. The third-order valence-electron chi connectivity index (χ3n) is 5.47. The van der Waals surface area contributed by atoms with Crippen LogP contribution in [-0.4, -0.2) is 32.6 Å². The van der Waals surface area contributed by atoms with Crippen LogP contribution in [0.2, 0.25) is 19.1 Å². The lowest BCUT2D eigenvalue weighted by molar-refractivity contribution is -0.137. The topological polar surface area (TPSA) is 3.24 Å². The Morgan fingerprint density at radius 3 is 2.04 bits per heavy atom. The summed E-state index contributed by atoms with van der Waals surface area (Å²) in [5.74, 6) is 0. The molecule has 0 aliphatic carbocycles. The zero-order chi connectivity index (χ0) is 18.3. The van der Waals surface area contributed by atoms with Crippen LogP contribution in [0.5, 0.6) is 0 Å². The Bertz CT molecular complexity index is 503. The van der Waals surface area contributed by atoms with E-state index in [1.54, 1.807) is 12.1 Å². The fourth-order valence-corrected chi connectivity index (χ4v) is 6.19. The van der Waals surface area contributed by atoms with Crippen molar-refractivity contribution < 1.29 is 13.2 Å². The lowest BCUT2D eigenvalue weighted by atomic mass is 10.2. The zero-order valence-electron chi connectivity index (χ0n) is 15.7. The molecule has 0 radical (unpaired) electrons. The normalized spacial score (nSPS) is 17.5. The molecule has 1 heterocycles. The van der Waals surface area contributed by atoms with Crippen molar-refractivity contribution in [3.05, 3.63) is 29.8 Å². The summed E-state index contributed by atoms with van der Waals surface area (Å²) in [5.41, 5.74) is -0.543. The van der Waals surface area contributed by atoms with Crippen LogP contribution in [0.25, 0.3) is 0 Å². The van der Waals surface area contributed by atoms with Crippen molar-refractivity contribution in [2.75, 3.05) is 19.6 Å². The van der Waals surface area contributed by atoms with Crippen molar-refractivity contribution in [3.8, 4) is 0 Å². The maximum absolute atomic E-state index is 12.7. The van der Waals surface area contributed by atoms with Gasteiger partial charge in [-0.2, -0.15) is 13.2 Å². The van der Waals surface area contributed by atoms with Crippen LogP contribution in [-0.2, 0) is 6.18 Å². The van der Waals surface area contributed by atoms with Gasteiger partial charge in [-0.3, -0.25) is 0 Å². The van der Waals surface area contributed by atoms with Gasteiger partial charge in [-0.1, -0.05) is 74.3 Å². The summed E-state index contributed by atoms with van der Waals surface area (Å²) in [4.78, 5) is 2.60. The molecule has 1 saturated heterocycles. The molecule has 0 amide bonds. The number of unbranched alkanes of at least 4 members (excludes halogenated alkanes) is 2. The Morgan fingerprint density at radius 2 is 1.48 bits per heavy atom. The van der Waals surface area contributed by atoms with E-state index >= 15 is 0 Å². The first kappa shape index (κ1) is 20.5. The van der Waals surface area contributed by atoms with Crippen molar-refractivity contribution in [2.45, 2.75) is 70.3 Å². The van der Waals surface area contributed by atoms with Crippen molar-refractivity contribution in [1.82, 2.24) is 4.90 Å². The van der Waals surface area contributed by atoms with Crippen LogP contribution in [0.3, 0.4) is 0 Å². The largest absolute Gasteiger partial charge is 0.416 e. The van der Waals surface area contributed by atoms with E-state index in [1.165, 1.54) is 76.7 Å². The van der Waals surface area contributed by atoms with Crippen molar-refractivity contribution in [1.29, 1.82) is 0 Å². The van der Waals surface area contributed by atoms with Gasteiger partial charge in [0.05, 0.1) is 13.6 Å². The van der Waals surface area contributed by atoms with E-state index in [0.717, 1.165) is 11.2 Å². The molecule has 1 nitrogen and oxygen atoms in total. The summed E-state index contributed by atoms with van der Waals surface area (Å²) < 4.78 is 38.1. The third kappa shape index (κ3) is 6.78. The smallest absolute Gasteiger partial charge is 0.303 e. The number of nitrogens with zero attached hydrogens (tertiary/aromatic N) is 1. The molecule has 1 aromatic rings. The molecule has 0 bridgehead atoms. The fraction of sp³-hybridized carbons (Fsp3) is 0.700. The maximum Gasteiger partial charge on any atom is 0.416 e. The second-order valence-corrected chi connectivity index (χ2v) is 12.9. The number of hydrogen-bond donors (Lipinski definition) is 0. The Morgan fingerprint density at radius 1 is 0.880 bits per heavy atom. The molecule has 0 N–H and O–H groups in total. The van der Waals surface area contributed by atoms with Gasteiger partial charge < -0.3 is 4.90 Å². The minimum absolute atomic E-state index is 0.543. The molecule has 0 aromatic heterocycles. The monoisotopic (exact) mass is 371 g/mol. The highest BCUT2D eigenvalue weighted by Gasteiger charge is 2.31. The number of likely N-dealkylation sites (tertiary alicyclic amines) is 1. The molecule has 5 heteroatoms. The first-order valence-corrected chi connectivity index (χ1v) is 12.9. The molecule has 142 valence electrons. The Hall–Kier alpha value is -0.813. The second-order valence-electron chi connectivity index (χ2n) is 8.03. The second kappa shape index (κ2) is 9.22. The van der Waals surface area contributed by atoms with Crippen LogP contribution in [0.4, 0.5) is 13.2 Å². The van der Waals surface area contributed by atoms with E-state index in [2.05, 4.69) is 18.0 Å². The predicted octanol–water partition coefficient (Wildman–Crippen LogP) is 5.67. The van der Waals surface area contributed by atoms with Crippen LogP contribution < -0.4 is 5.19 Å². The van der Waals surface area contributed by atoms with Gasteiger partial charge in [0.1, 0.15) is 0 Å². The number of hydrogen-bond acceptors (Lipinski definition) is 1. The van der Waals surface area contributed by atoms with Crippen LogP contribution in [0.1, 0.15) is 50.5 Å². The minimum Gasteiger partial charge on any atom is -0.303 e. The lowest BCUT2D eigenvalue weighted by Gasteiger charge is -2.24. The minimum atomic E-state index is -4.24. The Kier molecular flexibility index (Phi) is 7.56. The van der Waals surface area contributed by atoms with E-state index in [1.807, 2.05) is 0 Å². The van der Waals surface area contributed by atoms with E-state index < -0.39 is 19.8 Å². The van der Waals surface area contributed by atoms with Gasteiger partial charge in [0.2, 0.25) is 0 Å². The van der Waals surface area contributed by atoms with Gasteiger partial charge in [0.15, 0.2) is 0 Å². The highest BCUT2D eigenvalue weighted by molar-refractivity contribution is 6.89. The fourth-order valence-electron chi connectivity index (χ4n) is 3.69. The highest BCUT2D eigenvalue weighted by atomic mass is 28.3. The summed E-state index contributed by atoms with van der Waals surface area (Å²) >= 11 is 0. The number of rotatable bonds is 7. The molecular formula is C20H32F3NSi. The number of alkyl halides is 3. The first-order valence-electron chi connectivity index (χ1n) is 9.69. The SMILES string of the molecule is C[Si](C)(CCCCCN1CCCCCC1)c1ccc(C(F)(F)F)cc1. The van der Waals surface area contributed by atoms with Gasteiger partial charge in [0, 0.05) is 0 Å². The van der Waals surface area contributed by atoms with Gasteiger partial charge in [-0.05, 0) is 38.9 Å². The van der Waals surface area contributed by atoms with Crippen molar-refractivity contribution in [3.63, 3.8) is 0 Å². The van der Waals surface area contributed by atoms with Gasteiger partial charge in [-0.15, -0.1) is 0 Å². The third-order valence-corrected chi connectivity index (χ3v) is 8.97. The molecule has 0 saturated carbocycles. The van der Waals surface area contributed by atoms with Crippen LogP contribution in [0, 0.1) is 0 Å². The molecular weight excluding hydrogens is 339 g/mol.